The summed E-state index contributed by atoms with van der Waals surface area (Å²) in [6.07, 6.45) is -10.7. The predicted molar refractivity (Wildman–Crippen MR) is 138 cm³/mol. The molecule has 5 nitrogen and oxygen atoms in total. The molecule has 0 radical (unpaired) electrons. The number of likely N-dealkylation sites (tertiary alicyclic amines) is 1. The molecular weight excluding hydrogens is 550 g/mol. The van der Waals surface area contributed by atoms with Gasteiger partial charge in [0.15, 0.2) is 0 Å². The Bertz CT molecular complexity index is 1350. The van der Waals surface area contributed by atoms with Crippen molar-refractivity contribution in [3.63, 3.8) is 0 Å². The highest BCUT2D eigenvalue weighted by Gasteiger charge is 2.47. The van der Waals surface area contributed by atoms with Crippen LogP contribution in [0.4, 0.5) is 26.3 Å². The van der Waals surface area contributed by atoms with Gasteiger partial charge in [0.2, 0.25) is 5.91 Å². The number of primary amides is 1. The summed E-state index contributed by atoms with van der Waals surface area (Å²) < 4.78 is 86.9. The number of rotatable bonds is 7. The first-order valence-corrected chi connectivity index (χ1v) is 12.9. The Hall–Kier alpha value is -3.86. The third-order valence-corrected chi connectivity index (χ3v) is 7.46. The van der Waals surface area contributed by atoms with Crippen molar-refractivity contribution in [3.05, 3.63) is 107 Å². The van der Waals surface area contributed by atoms with Gasteiger partial charge in [-0.05, 0) is 61.2 Å². The van der Waals surface area contributed by atoms with Crippen LogP contribution >= 0.6 is 0 Å². The highest BCUT2D eigenvalue weighted by molar-refractivity contribution is 5.95. The standard InChI is InChI=1S/C30H28F6N2O3/c1-19(22-14-24(29(31,32)33)16-25(15-22)30(34,35)36)41-18-28(23-10-6-3-7-11-23)13-12-21(26(37)39)17-38(28)27(40)20-8-4-2-5-9-20/h2-11,14-16,19,21H,12-13,17-18H2,1H3,(H2,37,39)/t19?,21?,28-/m1/s1. The Labute approximate surface area is 232 Å². The molecule has 0 aromatic heterocycles. The Kier molecular flexibility index (Phi) is 8.49. The molecule has 2 unspecified atom stereocenters. The van der Waals surface area contributed by atoms with E-state index in [9.17, 15) is 35.9 Å². The molecule has 0 aliphatic carbocycles. The van der Waals surface area contributed by atoms with Crippen molar-refractivity contribution in [2.24, 2.45) is 11.7 Å². The summed E-state index contributed by atoms with van der Waals surface area (Å²) in [5.41, 5.74) is 2.17. The fraction of sp³-hybridized carbons (Fsp3) is 0.333. The second-order valence-corrected chi connectivity index (χ2v) is 10.1. The number of piperidine rings is 1. The lowest BCUT2D eigenvalue weighted by Gasteiger charge is -2.49. The van der Waals surface area contributed by atoms with E-state index >= 15 is 0 Å². The van der Waals surface area contributed by atoms with E-state index in [-0.39, 0.29) is 31.2 Å². The van der Waals surface area contributed by atoms with E-state index in [0.29, 0.717) is 29.7 Å². The molecule has 218 valence electrons. The quantitative estimate of drug-likeness (QED) is 0.316. The van der Waals surface area contributed by atoms with Gasteiger partial charge in [0.25, 0.3) is 5.91 Å². The lowest BCUT2D eigenvalue weighted by molar-refractivity contribution is -0.143. The normalized spacial score (nSPS) is 20.5. The number of amides is 2. The van der Waals surface area contributed by atoms with Crippen molar-refractivity contribution in [2.45, 2.75) is 43.8 Å². The molecule has 3 aromatic rings. The third-order valence-electron chi connectivity index (χ3n) is 7.46. The van der Waals surface area contributed by atoms with Gasteiger partial charge >= 0.3 is 12.4 Å². The number of ether oxygens (including phenoxy) is 1. The lowest BCUT2D eigenvalue weighted by atomic mass is 9.77. The molecule has 41 heavy (non-hydrogen) atoms. The molecule has 1 saturated heterocycles. The second kappa shape index (κ2) is 11.6. The van der Waals surface area contributed by atoms with Crippen LogP contribution in [0, 0.1) is 5.92 Å². The van der Waals surface area contributed by atoms with E-state index in [4.69, 9.17) is 10.5 Å². The van der Waals surface area contributed by atoms with E-state index in [2.05, 4.69) is 0 Å². The van der Waals surface area contributed by atoms with Crippen LogP contribution in [0.2, 0.25) is 0 Å². The monoisotopic (exact) mass is 578 g/mol. The maximum absolute atomic E-state index is 13.8. The first kappa shape index (κ1) is 30.1. The minimum atomic E-state index is -5.01. The number of carbonyl (C=O) groups is 2. The highest BCUT2D eigenvalue weighted by Crippen LogP contribution is 2.43. The van der Waals surface area contributed by atoms with Gasteiger partial charge in [-0.25, -0.2) is 0 Å². The molecule has 0 bridgehead atoms. The molecule has 3 atom stereocenters. The molecule has 1 aliphatic rings. The van der Waals surface area contributed by atoms with Crippen LogP contribution in [0.3, 0.4) is 0 Å². The van der Waals surface area contributed by atoms with E-state index in [1.54, 1.807) is 60.7 Å². The predicted octanol–water partition coefficient (Wildman–Crippen LogP) is 6.74. The number of nitrogens with two attached hydrogens (primary N) is 1. The van der Waals surface area contributed by atoms with Gasteiger partial charge in [-0.2, -0.15) is 26.3 Å². The van der Waals surface area contributed by atoms with Gasteiger partial charge in [-0.3, -0.25) is 9.59 Å². The maximum atomic E-state index is 13.8. The second-order valence-electron chi connectivity index (χ2n) is 10.1. The van der Waals surface area contributed by atoms with Crippen LogP contribution in [-0.4, -0.2) is 29.9 Å². The van der Waals surface area contributed by atoms with Crippen molar-refractivity contribution in [1.82, 2.24) is 4.90 Å². The number of nitrogens with zero attached hydrogens (tertiary/aromatic N) is 1. The Morgan fingerprint density at radius 1 is 0.927 bits per heavy atom. The molecule has 11 heteroatoms. The molecule has 1 fully saturated rings. The summed E-state index contributed by atoms with van der Waals surface area (Å²) in [7, 11) is 0. The zero-order chi connectivity index (χ0) is 30.0. The summed E-state index contributed by atoms with van der Waals surface area (Å²) in [6, 6.07) is 18.4. The zero-order valence-corrected chi connectivity index (χ0v) is 22.0. The summed E-state index contributed by atoms with van der Waals surface area (Å²) in [5.74, 6) is -1.67. The third kappa shape index (κ3) is 6.56. The first-order chi connectivity index (χ1) is 19.2. The minimum absolute atomic E-state index is 0.0442. The summed E-state index contributed by atoms with van der Waals surface area (Å²) in [6.45, 7) is 1.05. The Morgan fingerprint density at radius 3 is 1.98 bits per heavy atom. The Morgan fingerprint density at radius 2 is 1.46 bits per heavy atom. The van der Waals surface area contributed by atoms with Crippen molar-refractivity contribution in [1.29, 1.82) is 0 Å². The molecule has 1 heterocycles. The summed E-state index contributed by atoms with van der Waals surface area (Å²) in [4.78, 5) is 27.5. The average molecular weight is 579 g/mol. The fourth-order valence-electron chi connectivity index (χ4n) is 5.14. The number of alkyl halides is 6. The first-order valence-electron chi connectivity index (χ1n) is 12.9. The highest BCUT2D eigenvalue weighted by atomic mass is 19.4. The van der Waals surface area contributed by atoms with E-state index in [1.807, 2.05) is 0 Å². The molecule has 0 spiro atoms. The summed E-state index contributed by atoms with van der Waals surface area (Å²) in [5, 5.41) is 0. The largest absolute Gasteiger partial charge is 0.416 e. The van der Waals surface area contributed by atoms with Gasteiger partial charge < -0.3 is 15.4 Å². The average Bonchev–Trinajstić information content (AvgIpc) is 2.95. The smallest absolute Gasteiger partial charge is 0.371 e. The molecule has 0 saturated carbocycles. The number of halogens is 6. The SMILES string of the molecule is CC(OC[C@@]1(c2ccccc2)CCC(C(N)=O)CN1C(=O)c1ccccc1)c1cc(C(F)(F)F)cc(C(F)(F)F)c1. The van der Waals surface area contributed by atoms with Crippen molar-refractivity contribution >= 4 is 11.8 Å². The maximum Gasteiger partial charge on any atom is 0.416 e. The van der Waals surface area contributed by atoms with Crippen LogP contribution < -0.4 is 5.73 Å². The van der Waals surface area contributed by atoms with Crippen LogP contribution in [0.15, 0.2) is 78.9 Å². The Balaban J connectivity index is 1.75. The topological polar surface area (TPSA) is 72.6 Å². The van der Waals surface area contributed by atoms with Gasteiger partial charge in [0.05, 0.1) is 35.3 Å². The van der Waals surface area contributed by atoms with Crippen LogP contribution in [-0.2, 0) is 27.4 Å². The molecule has 2 amide bonds. The van der Waals surface area contributed by atoms with Crippen molar-refractivity contribution < 1.29 is 40.7 Å². The van der Waals surface area contributed by atoms with Crippen LogP contribution in [0.1, 0.15) is 58.5 Å². The van der Waals surface area contributed by atoms with Crippen LogP contribution in [0.25, 0.3) is 0 Å². The molecule has 4 rings (SSSR count). The van der Waals surface area contributed by atoms with Gasteiger partial charge in [0.1, 0.15) is 0 Å². The van der Waals surface area contributed by atoms with Crippen molar-refractivity contribution in [2.75, 3.05) is 13.2 Å². The number of carbonyl (C=O) groups excluding carboxylic acids is 2. The lowest BCUT2D eigenvalue weighted by Crippen LogP contribution is -2.58. The minimum Gasteiger partial charge on any atom is -0.371 e. The van der Waals surface area contributed by atoms with E-state index in [0.717, 1.165) is 0 Å². The molecule has 1 aliphatic heterocycles. The summed E-state index contributed by atoms with van der Waals surface area (Å²) >= 11 is 0. The van der Waals surface area contributed by atoms with Gasteiger partial charge in [0, 0.05) is 12.1 Å². The van der Waals surface area contributed by atoms with E-state index < -0.39 is 52.9 Å². The zero-order valence-electron chi connectivity index (χ0n) is 22.0. The molecular formula is C30H28F6N2O3. The van der Waals surface area contributed by atoms with Gasteiger partial charge in [-0.15, -0.1) is 0 Å². The van der Waals surface area contributed by atoms with Crippen molar-refractivity contribution in [3.8, 4) is 0 Å². The fourth-order valence-corrected chi connectivity index (χ4v) is 5.14. The van der Waals surface area contributed by atoms with Gasteiger partial charge in [-0.1, -0.05) is 48.5 Å². The number of hydrogen-bond donors (Lipinski definition) is 1. The van der Waals surface area contributed by atoms with E-state index in [1.165, 1.54) is 11.8 Å². The number of hydrogen-bond acceptors (Lipinski definition) is 3. The van der Waals surface area contributed by atoms with Crippen LogP contribution in [0.5, 0.6) is 0 Å². The number of benzene rings is 3. The molecule has 2 N–H and O–H groups in total. The molecule has 3 aromatic carbocycles.